The molecule has 0 aromatic heterocycles. The van der Waals surface area contributed by atoms with Crippen molar-refractivity contribution in [3.05, 3.63) is 67.6 Å². The minimum atomic E-state index is -0.162. The highest BCUT2D eigenvalue weighted by molar-refractivity contribution is 9.11. The minimum Gasteiger partial charge on any atom is -0.113 e. The SMILES string of the molecule is Cc1cc(Br)c(C(Cl)c2ccc(C(C)(C)C)cc2)cc1Br. The first-order valence-corrected chi connectivity index (χ1v) is 8.92. The van der Waals surface area contributed by atoms with Crippen molar-refractivity contribution in [2.75, 3.05) is 0 Å². The van der Waals surface area contributed by atoms with Crippen LogP contribution in [0.25, 0.3) is 0 Å². The molecule has 2 aromatic rings. The predicted octanol–water partition coefficient (Wildman–Crippen LogP) is 7.15. The number of halogens is 3. The van der Waals surface area contributed by atoms with E-state index in [1.807, 2.05) is 0 Å². The van der Waals surface area contributed by atoms with Crippen LogP contribution in [0.3, 0.4) is 0 Å². The monoisotopic (exact) mass is 428 g/mol. The van der Waals surface area contributed by atoms with Crippen molar-refractivity contribution in [2.24, 2.45) is 0 Å². The third-order valence-corrected chi connectivity index (χ3v) is 5.65. The van der Waals surface area contributed by atoms with Crippen LogP contribution in [0.1, 0.15) is 48.4 Å². The molecule has 3 heteroatoms. The molecule has 0 saturated heterocycles. The Morgan fingerprint density at radius 2 is 1.52 bits per heavy atom. The molecule has 112 valence electrons. The normalized spacial score (nSPS) is 13.3. The highest BCUT2D eigenvalue weighted by Gasteiger charge is 2.18. The van der Waals surface area contributed by atoms with Crippen LogP contribution in [0.15, 0.2) is 45.3 Å². The van der Waals surface area contributed by atoms with Crippen LogP contribution in [0, 0.1) is 6.92 Å². The van der Waals surface area contributed by atoms with Crippen molar-refractivity contribution in [1.29, 1.82) is 0 Å². The summed E-state index contributed by atoms with van der Waals surface area (Å²) in [6, 6.07) is 12.8. The van der Waals surface area contributed by atoms with E-state index in [0.717, 1.165) is 20.1 Å². The van der Waals surface area contributed by atoms with Gasteiger partial charge in [0.25, 0.3) is 0 Å². The Balaban J connectivity index is 2.36. The number of hydrogen-bond donors (Lipinski definition) is 0. The Bertz CT molecular complexity index is 640. The second-order valence-corrected chi connectivity index (χ2v) is 8.50. The number of rotatable bonds is 2. The second-order valence-electron chi connectivity index (χ2n) is 6.36. The van der Waals surface area contributed by atoms with E-state index in [2.05, 4.69) is 96.0 Å². The van der Waals surface area contributed by atoms with E-state index < -0.39 is 0 Å². The van der Waals surface area contributed by atoms with Crippen molar-refractivity contribution < 1.29 is 0 Å². The molecule has 0 nitrogen and oxygen atoms in total. The first kappa shape index (κ1) is 17.1. The topological polar surface area (TPSA) is 0 Å². The third kappa shape index (κ3) is 3.91. The summed E-state index contributed by atoms with van der Waals surface area (Å²) in [6.45, 7) is 8.72. The fourth-order valence-corrected chi connectivity index (χ4v) is 3.69. The summed E-state index contributed by atoms with van der Waals surface area (Å²) in [6.07, 6.45) is 0. The minimum absolute atomic E-state index is 0.161. The van der Waals surface area contributed by atoms with Gasteiger partial charge in [-0.3, -0.25) is 0 Å². The molecule has 0 bridgehead atoms. The number of benzene rings is 2. The summed E-state index contributed by atoms with van der Waals surface area (Å²) in [5.74, 6) is 0. The first-order chi connectivity index (χ1) is 9.70. The maximum absolute atomic E-state index is 6.68. The highest BCUT2D eigenvalue weighted by atomic mass is 79.9. The molecule has 0 fully saturated rings. The molecule has 0 heterocycles. The first-order valence-electron chi connectivity index (χ1n) is 6.90. The summed E-state index contributed by atoms with van der Waals surface area (Å²) < 4.78 is 2.13. The van der Waals surface area contributed by atoms with E-state index in [1.54, 1.807) is 0 Å². The van der Waals surface area contributed by atoms with E-state index in [1.165, 1.54) is 11.1 Å². The molecule has 0 aliphatic heterocycles. The maximum Gasteiger partial charge on any atom is 0.0846 e. The molecule has 0 radical (unpaired) electrons. The highest BCUT2D eigenvalue weighted by Crippen LogP contribution is 2.37. The van der Waals surface area contributed by atoms with Gasteiger partial charge in [0.1, 0.15) is 0 Å². The maximum atomic E-state index is 6.68. The van der Waals surface area contributed by atoms with E-state index in [9.17, 15) is 0 Å². The Hall–Kier alpha value is -0.310. The predicted molar refractivity (Wildman–Crippen MR) is 99.4 cm³/mol. The quantitative estimate of drug-likeness (QED) is 0.444. The van der Waals surface area contributed by atoms with E-state index >= 15 is 0 Å². The fourth-order valence-electron chi connectivity index (χ4n) is 2.19. The Morgan fingerprint density at radius 3 is 2.05 bits per heavy atom. The number of hydrogen-bond acceptors (Lipinski definition) is 0. The zero-order valence-corrected chi connectivity index (χ0v) is 16.6. The van der Waals surface area contributed by atoms with Crippen molar-refractivity contribution in [3.8, 4) is 0 Å². The van der Waals surface area contributed by atoms with E-state index in [-0.39, 0.29) is 10.8 Å². The Labute approximate surface area is 149 Å². The molecular formula is C18H19Br2Cl. The lowest BCUT2D eigenvalue weighted by atomic mass is 9.86. The average molecular weight is 431 g/mol. The van der Waals surface area contributed by atoms with Crippen LogP contribution < -0.4 is 0 Å². The molecule has 0 aliphatic carbocycles. The lowest BCUT2D eigenvalue weighted by Gasteiger charge is -2.20. The molecular weight excluding hydrogens is 411 g/mol. The van der Waals surface area contributed by atoms with Gasteiger partial charge in [0.05, 0.1) is 5.38 Å². The molecule has 2 rings (SSSR count). The van der Waals surface area contributed by atoms with Gasteiger partial charge in [-0.25, -0.2) is 0 Å². The Kier molecular flexibility index (Phi) is 5.23. The van der Waals surface area contributed by atoms with Gasteiger partial charge in [-0.1, -0.05) is 76.9 Å². The molecule has 0 spiro atoms. The molecule has 1 unspecified atom stereocenters. The van der Waals surface area contributed by atoms with Gasteiger partial charge in [-0.05, 0) is 46.7 Å². The summed E-state index contributed by atoms with van der Waals surface area (Å²) in [4.78, 5) is 0. The van der Waals surface area contributed by atoms with Gasteiger partial charge < -0.3 is 0 Å². The molecule has 0 saturated carbocycles. The average Bonchev–Trinajstić information content (AvgIpc) is 2.41. The van der Waals surface area contributed by atoms with Gasteiger partial charge in [0.15, 0.2) is 0 Å². The van der Waals surface area contributed by atoms with Crippen LogP contribution in [0.2, 0.25) is 0 Å². The summed E-state index contributed by atoms with van der Waals surface area (Å²) in [5.41, 5.74) is 4.86. The van der Waals surface area contributed by atoms with Crippen molar-refractivity contribution in [2.45, 2.75) is 38.5 Å². The molecule has 2 aromatic carbocycles. The van der Waals surface area contributed by atoms with Crippen LogP contribution in [-0.2, 0) is 5.41 Å². The standard InChI is InChI=1S/C18H19Br2Cl/c1-11-9-16(20)14(10-15(11)19)17(21)12-5-7-13(8-6-12)18(2,3)4/h5-10,17H,1-4H3. The molecule has 0 amide bonds. The van der Waals surface area contributed by atoms with Gasteiger partial charge in [0.2, 0.25) is 0 Å². The van der Waals surface area contributed by atoms with Gasteiger partial charge in [-0.15, -0.1) is 11.6 Å². The lowest BCUT2D eigenvalue weighted by molar-refractivity contribution is 0.590. The van der Waals surface area contributed by atoms with E-state index in [0.29, 0.717) is 0 Å². The van der Waals surface area contributed by atoms with Crippen molar-refractivity contribution in [3.63, 3.8) is 0 Å². The summed E-state index contributed by atoms with van der Waals surface area (Å²) in [5, 5.41) is -0.162. The largest absolute Gasteiger partial charge is 0.113 e. The van der Waals surface area contributed by atoms with Gasteiger partial charge in [-0.2, -0.15) is 0 Å². The number of alkyl halides is 1. The molecule has 21 heavy (non-hydrogen) atoms. The lowest BCUT2D eigenvalue weighted by Crippen LogP contribution is -2.10. The number of aryl methyl sites for hydroxylation is 1. The zero-order valence-electron chi connectivity index (χ0n) is 12.7. The molecule has 0 N–H and O–H groups in total. The van der Waals surface area contributed by atoms with Crippen molar-refractivity contribution in [1.82, 2.24) is 0 Å². The third-order valence-electron chi connectivity index (χ3n) is 3.62. The van der Waals surface area contributed by atoms with E-state index in [4.69, 9.17) is 11.6 Å². The second kappa shape index (κ2) is 6.44. The Morgan fingerprint density at radius 1 is 0.952 bits per heavy atom. The molecule has 0 aliphatic rings. The fraction of sp³-hybridized carbons (Fsp3) is 0.333. The summed E-state index contributed by atoms with van der Waals surface area (Å²) >= 11 is 13.9. The van der Waals surface area contributed by atoms with Gasteiger partial charge in [0, 0.05) is 8.95 Å². The van der Waals surface area contributed by atoms with Gasteiger partial charge >= 0.3 is 0 Å². The van der Waals surface area contributed by atoms with Crippen LogP contribution >= 0.6 is 43.5 Å². The molecule has 1 atom stereocenters. The van der Waals surface area contributed by atoms with Crippen molar-refractivity contribution >= 4 is 43.5 Å². The van der Waals surface area contributed by atoms with Crippen LogP contribution in [-0.4, -0.2) is 0 Å². The summed E-state index contributed by atoms with van der Waals surface area (Å²) in [7, 11) is 0. The zero-order chi connectivity index (χ0) is 15.8. The van der Waals surface area contributed by atoms with Crippen LogP contribution in [0.5, 0.6) is 0 Å². The van der Waals surface area contributed by atoms with Crippen LogP contribution in [0.4, 0.5) is 0 Å². The smallest absolute Gasteiger partial charge is 0.0846 e.